The van der Waals surface area contributed by atoms with Gasteiger partial charge >= 0.3 is 0 Å². The molecule has 1 aliphatic heterocycles. The molecule has 2 unspecified atom stereocenters. The first-order valence-electron chi connectivity index (χ1n) is 11.2. The van der Waals surface area contributed by atoms with E-state index in [-0.39, 0.29) is 5.91 Å². The van der Waals surface area contributed by atoms with E-state index in [4.69, 9.17) is 0 Å². The number of hydrogen-bond donors (Lipinski definition) is 1. The third-order valence-electron chi connectivity index (χ3n) is 7.31. The van der Waals surface area contributed by atoms with Gasteiger partial charge in [-0.3, -0.25) is 9.69 Å². The summed E-state index contributed by atoms with van der Waals surface area (Å²) >= 11 is 0. The molecule has 0 spiro atoms. The van der Waals surface area contributed by atoms with E-state index in [1.54, 1.807) is 0 Å². The number of carbonyl (C=O) groups is 1. The van der Waals surface area contributed by atoms with Crippen LogP contribution in [0.15, 0.2) is 60.7 Å². The Labute approximate surface area is 173 Å². The number of nitrogens with one attached hydrogen (secondary N) is 1. The first-order chi connectivity index (χ1) is 14.3. The molecule has 1 saturated heterocycles. The molecular formula is C25H31N3O. The van der Waals surface area contributed by atoms with Gasteiger partial charge < -0.3 is 10.2 Å². The number of para-hydroxylation sites is 1. The summed E-state index contributed by atoms with van der Waals surface area (Å²) in [4.78, 5) is 17.7. The fourth-order valence-electron chi connectivity index (χ4n) is 5.84. The minimum Gasteiger partial charge on any atom is -0.369 e. The Balaban J connectivity index is 1.10. The lowest BCUT2D eigenvalue weighted by Gasteiger charge is -2.39. The van der Waals surface area contributed by atoms with Crippen LogP contribution in [0.4, 0.5) is 5.69 Å². The van der Waals surface area contributed by atoms with Crippen LogP contribution in [0.1, 0.15) is 36.0 Å². The number of piperazine rings is 1. The van der Waals surface area contributed by atoms with Gasteiger partial charge in [0.25, 0.3) is 5.91 Å². The Kier molecular flexibility index (Phi) is 5.28. The summed E-state index contributed by atoms with van der Waals surface area (Å²) in [5.41, 5.74) is 2.13. The van der Waals surface area contributed by atoms with Crippen LogP contribution in [0.5, 0.6) is 0 Å². The predicted octanol–water partition coefficient (Wildman–Crippen LogP) is 3.80. The minimum absolute atomic E-state index is 0.0872. The lowest BCUT2D eigenvalue weighted by molar-refractivity contribution is 0.0934. The van der Waals surface area contributed by atoms with Gasteiger partial charge in [-0.1, -0.05) is 36.4 Å². The van der Waals surface area contributed by atoms with Crippen molar-refractivity contribution in [2.45, 2.75) is 37.8 Å². The molecule has 3 fully saturated rings. The Hall–Kier alpha value is -2.33. The first kappa shape index (κ1) is 18.7. The average Bonchev–Trinajstić information content (AvgIpc) is 3.34. The topological polar surface area (TPSA) is 35.6 Å². The van der Waals surface area contributed by atoms with E-state index in [2.05, 4.69) is 45.4 Å². The number of nitrogens with zero attached hydrogens (tertiary/aromatic N) is 2. The van der Waals surface area contributed by atoms with E-state index in [0.717, 1.165) is 49.4 Å². The molecule has 1 heterocycles. The number of carbonyl (C=O) groups excluding carboxylic acids is 1. The highest BCUT2D eigenvalue weighted by molar-refractivity contribution is 5.94. The quantitative estimate of drug-likeness (QED) is 0.864. The first-order valence-corrected chi connectivity index (χ1v) is 11.2. The monoisotopic (exact) mass is 389 g/mol. The van der Waals surface area contributed by atoms with Gasteiger partial charge in [-0.25, -0.2) is 0 Å². The predicted molar refractivity (Wildman–Crippen MR) is 117 cm³/mol. The molecule has 0 radical (unpaired) electrons. The van der Waals surface area contributed by atoms with Gasteiger partial charge in [0.1, 0.15) is 0 Å². The summed E-state index contributed by atoms with van der Waals surface area (Å²) in [6.45, 7) is 4.61. The number of fused-ring (bicyclic) bond motifs is 1. The number of hydrogen-bond acceptors (Lipinski definition) is 3. The van der Waals surface area contributed by atoms with Gasteiger partial charge in [0.05, 0.1) is 0 Å². The molecule has 1 amide bonds. The number of anilines is 1. The fourth-order valence-corrected chi connectivity index (χ4v) is 5.84. The maximum atomic E-state index is 12.5. The molecule has 2 saturated carbocycles. The maximum absolute atomic E-state index is 12.5. The highest BCUT2D eigenvalue weighted by Crippen LogP contribution is 2.46. The summed E-state index contributed by atoms with van der Waals surface area (Å²) in [5, 5.41) is 3.28. The fraction of sp³-hybridized carbons (Fsp3) is 0.480. The molecule has 2 aliphatic carbocycles. The SMILES string of the molecule is O=C(N[C@H]1CC2C[C@H](N3CCN(c4ccccc4)CC3)CC2C1)c1ccccc1. The molecule has 4 heteroatoms. The third-order valence-corrected chi connectivity index (χ3v) is 7.31. The van der Waals surface area contributed by atoms with Crippen LogP contribution in [0.25, 0.3) is 0 Å². The largest absolute Gasteiger partial charge is 0.369 e. The molecule has 3 aliphatic rings. The Bertz CT molecular complexity index is 802. The molecule has 0 bridgehead atoms. The number of benzene rings is 2. The third kappa shape index (κ3) is 4.04. The van der Waals surface area contributed by atoms with Crippen molar-refractivity contribution in [1.82, 2.24) is 10.2 Å². The van der Waals surface area contributed by atoms with Gasteiger partial charge in [-0.15, -0.1) is 0 Å². The summed E-state index contributed by atoms with van der Waals surface area (Å²) in [5.74, 6) is 1.66. The van der Waals surface area contributed by atoms with Gasteiger partial charge in [0.2, 0.25) is 0 Å². The highest BCUT2D eigenvalue weighted by atomic mass is 16.1. The maximum Gasteiger partial charge on any atom is 0.251 e. The van der Waals surface area contributed by atoms with Crippen LogP contribution in [0, 0.1) is 11.8 Å². The van der Waals surface area contributed by atoms with Gasteiger partial charge in [0.15, 0.2) is 0 Å². The molecule has 1 N–H and O–H groups in total. The van der Waals surface area contributed by atoms with Gasteiger partial charge in [-0.05, 0) is 61.8 Å². The molecule has 29 heavy (non-hydrogen) atoms. The Morgan fingerprint density at radius 1 is 0.759 bits per heavy atom. The molecule has 5 rings (SSSR count). The number of rotatable bonds is 4. The molecule has 2 atom stereocenters. The van der Waals surface area contributed by atoms with Crippen LogP contribution < -0.4 is 10.2 Å². The zero-order valence-corrected chi connectivity index (χ0v) is 17.0. The Morgan fingerprint density at radius 3 is 1.97 bits per heavy atom. The van der Waals surface area contributed by atoms with E-state index in [9.17, 15) is 4.79 Å². The van der Waals surface area contributed by atoms with Gasteiger partial charge in [-0.2, -0.15) is 0 Å². The molecule has 152 valence electrons. The van der Waals surface area contributed by atoms with Crippen molar-refractivity contribution >= 4 is 11.6 Å². The van der Waals surface area contributed by atoms with Crippen molar-refractivity contribution in [3.63, 3.8) is 0 Å². The van der Waals surface area contributed by atoms with Crippen LogP contribution in [0.2, 0.25) is 0 Å². The van der Waals surface area contributed by atoms with Crippen LogP contribution in [0.3, 0.4) is 0 Å². The second-order valence-electron chi connectivity index (χ2n) is 9.01. The van der Waals surface area contributed by atoms with Crippen molar-refractivity contribution in [3.8, 4) is 0 Å². The molecule has 4 nitrogen and oxygen atoms in total. The van der Waals surface area contributed by atoms with Crippen LogP contribution >= 0.6 is 0 Å². The normalized spacial score (nSPS) is 29.6. The summed E-state index contributed by atoms with van der Waals surface area (Å²) in [7, 11) is 0. The number of amides is 1. The van der Waals surface area contributed by atoms with Crippen molar-refractivity contribution < 1.29 is 4.79 Å². The molecule has 2 aromatic carbocycles. The van der Waals surface area contributed by atoms with Crippen LogP contribution in [-0.4, -0.2) is 49.1 Å². The lowest BCUT2D eigenvalue weighted by Crippen LogP contribution is -2.50. The second-order valence-corrected chi connectivity index (χ2v) is 9.01. The van der Waals surface area contributed by atoms with Crippen molar-refractivity contribution in [2.75, 3.05) is 31.1 Å². The van der Waals surface area contributed by atoms with E-state index >= 15 is 0 Å². The zero-order chi connectivity index (χ0) is 19.6. The van der Waals surface area contributed by atoms with Crippen LogP contribution in [-0.2, 0) is 0 Å². The average molecular weight is 390 g/mol. The smallest absolute Gasteiger partial charge is 0.251 e. The van der Waals surface area contributed by atoms with E-state index in [0.29, 0.717) is 6.04 Å². The standard InChI is InChI=1S/C25H31N3O/c29-25(19-7-3-1-4-8-19)26-22-15-20-17-24(18-21(20)16-22)28-13-11-27(12-14-28)23-9-5-2-6-10-23/h1-10,20-22,24H,11-18H2,(H,26,29)/t20?,21?,22-,24-. The summed E-state index contributed by atoms with van der Waals surface area (Å²) in [6, 6.07) is 21.5. The second kappa shape index (κ2) is 8.19. The van der Waals surface area contributed by atoms with Crippen molar-refractivity contribution in [2.24, 2.45) is 11.8 Å². The molecule has 0 aromatic heterocycles. The highest BCUT2D eigenvalue weighted by Gasteiger charge is 2.44. The minimum atomic E-state index is 0.0872. The summed E-state index contributed by atoms with van der Waals surface area (Å²) in [6.07, 6.45) is 4.94. The zero-order valence-electron chi connectivity index (χ0n) is 17.0. The summed E-state index contributed by atoms with van der Waals surface area (Å²) < 4.78 is 0. The van der Waals surface area contributed by atoms with Crippen molar-refractivity contribution in [3.05, 3.63) is 66.2 Å². The van der Waals surface area contributed by atoms with E-state index < -0.39 is 0 Å². The lowest BCUT2D eigenvalue weighted by atomic mass is 10.0. The molecular weight excluding hydrogens is 358 g/mol. The van der Waals surface area contributed by atoms with Gasteiger partial charge in [0, 0.05) is 49.5 Å². The molecule has 2 aromatic rings. The van der Waals surface area contributed by atoms with E-state index in [1.165, 1.54) is 31.6 Å². The Morgan fingerprint density at radius 2 is 1.34 bits per heavy atom. The van der Waals surface area contributed by atoms with Crippen molar-refractivity contribution in [1.29, 1.82) is 0 Å². The van der Waals surface area contributed by atoms with E-state index in [1.807, 2.05) is 30.3 Å².